The van der Waals surface area contributed by atoms with Crippen LogP contribution in [-0.4, -0.2) is 43.5 Å². The van der Waals surface area contributed by atoms with Crippen LogP contribution in [-0.2, 0) is 14.4 Å². The van der Waals surface area contributed by atoms with Crippen LogP contribution in [0.25, 0.3) is 6.08 Å². The van der Waals surface area contributed by atoms with E-state index in [-0.39, 0.29) is 23.6 Å². The van der Waals surface area contributed by atoms with Gasteiger partial charge < -0.3 is 21.7 Å². The highest BCUT2D eigenvalue weighted by Crippen LogP contribution is 2.10. The summed E-state index contributed by atoms with van der Waals surface area (Å²) in [6, 6.07) is 10.2. The number of carbonyl (C=O) groups excluding carboxylic acids is 1. The highest BCUT2D eigenvalue weighted by Gasteiger charge is 2.23. The number of halogens is 1. The maximum atomic E-state index is 11.0. The van der Waals surface area contributed by atoms with Crippen molar-refractivity contribution in [2.24, 2.45) is 0 Å². The molecule has 23 heavy (non-hydrogen) atoms. The summed E-state index contributed by atoms with van der Waals surface area (Å²) in [4.78, 5) is 16.9. The number of hydrogen-bond acceptors (Lipinski definition) is 3. The van der Waals surface area contributed by atoms with E-state index in [1.165, 1.54) is 5.56 Å². The van der Waals surface area contributed by atoms with Crippen molar-refractivity contribution in [3.8, 4) is 0 Å². The number of hydroxylamine groups is 3. The first-order chi connectivity index (χ1) is 10.7. The van der Waals surface area contributed by atoms with Crippen molar-refractivity contribution in [1.82, 2.24) is 0 Å². The lowest BCUT2D eigenvalue weighted by Gasteiger charge is -2.32. The lowest BCUT2D eigenvalue weighted by molar-refractivity contribution is -1.10. The van der Waals surface area contributed by atoms with Crippen LogP contribution in [0.1, 0.15) is 19.4 Å². The van der Waals surface area contributed by atoms with Gasteiger partial charge >= 0.3 is 5.97 Å². The molecule has 0 amide bonds. The molecule has 0 saturated carbocycles. The fourth-order valence-electron chi connectivity index (χ4n) is 2.09. The molecule has 1 rings (SSSR count). The van der Waals surface area contributed by atoms with Gasteiger partial charge in [-0.25, -0.2) is 4.79 Å². The molecule has 0 saturated heterocycles. The summed E-state index contributed by atoms with van der Waals surface area (Å²) in [7, 11) is 0. The van der Waals surface area contributed by atoms with E-state index < -0.39 is 5.97 Å². The lowest BCUT2D eigenvalue weighted by Crippen LogP contribution is -3.00. The van der Waals surface area contributed by atoms with Crippen LogP contribution >= 0.6 is 0 Å². The maximum absolute atomic E-state index is 11.0. The quantitative estimate of drug-likeness (QED) is 0.190. The van der Waals surface area contributed by atoms with Gasteiger partial charge in [-0.05, 0) is 25.5 Å². The van der Waals surface area contributed by atoms with Crippen molar-refractivity contribution in [2.45, 2.75) is 13.8 Å². The molecular weight excluding hydrogens is 358 g/mol. The molecule has 0 aliphatic heterocycles. The van der Waals surface area contributed by atoms with Crippen LogP contribution in [0.4, 0.5) is 0 Å². The van der Waals surface area contributed by atoms with Crippen LogP contribution in [0.5, 0.6) is 0 Å². The van der Waals surface area contributed by atoms with Crippen molar-refractivity contribution in [3.63, 3.8) is 0 Å². The summed E-state index contributed by atoms with van der Waals surface area (Å²) in [6.45, 7) is 10.6. The van der Waals surface area contributed by atoms with Gasteiger partial charge in [-0.1, -0.05) is 43.0 Å². The molecule has 0 unspecified atom stereocenters. The normalized spacial score (nSPS) is 11.0. The van der Waals surface area contributed by atoms with E-state index in [1.54, 1.807) is 0 Å². The topological polar surface area (TPSA) is 35.5 Å². The lowest BCUT2D eigenvalue weighted by atomic mass is 10.2. The van der Waals surface area contributed by atoms with Gasteiger partial charge in [0.2, 0.25) is 0 Å². The highest BCUT2D eigenvalue weighted by atomic mass is 79.9. The summed E-state index contributed by atoms with van der Waals surface area (Å²) in [5.41, 5.74) is 1.17. The number of quaternary nitrogens is 1. The molecule has 0 aliphatic rings. The first kappa shape index (κ1) is 21.6. The number of benzene rings is 1. The summed E-state index contributed by atoms with van der Waals surface area (Å²) in [5, 5.41) is 0. The summed E-state index contributed by atoms with van der Waals surface area (Å²) in [5.74, 6) is -0.418. The third-order valence-corrected chi connectivity index (χ3v) is 3.56. The minimum Gasteiger partial charge on any atom is -1.00 e. The van der Waals surface area contributed by atoms with Crippen molar-refractivity contribution in [1.29, 1.82) is 0 Å². The summed E-state index contributed by atoms with van der Waals surface area (Å²) in [6.07, 6.45) is 5.38. The number of ether oxygens (including phenoxy) is 1. The fourth-order valence-corrected chi connectivity index (χ4v) is 2.09. The fraction of sp³-hybridized carbons (Fsp3) is 0.389. The Morgan fingerprint density at radius 2 is 1.83 bits per heavy atom. The van der Waals surface area contributed by atoms with Gasteiger partial charge in [0, 0.05) is 6.08 Å². The van der Waals surface area contributed by atoms with Gasteiger partial charge in [0.1, 0.15) is 32.8 Å². The van der Waals surface area contributed by atoms with Crippen LogP contribution < -0.4 is 17.0 Å². The molecule has 128 valence electrons. The molecule has 0 bridgehead atoms. The number of hydrogen-bond donors (Lipinski definition) is 0. The average Bonchev–Trinajstić information content (AvgIpc) is 2.58. The van der Waals surface area contributed by atoms with E-state index in [1.807, 2.05) is 18.2 Å². The molecule has 1 aromatic carbocycles. The number of nitrogens with zero attached hydrogens (tertiary/aromatic N) is 1. The van der Waals surface area contributed by atoms with E-state index in [0.29, 0.717) is 11.3 Å². The van der Waals surface area contributed by atoms with Gasteiger partial charge in [-0.2, -0.15) is 9.48 Å². The van der Waals surface area contributed by atoms with Crippen LogP contribution in [0, 0.1) is 0 Å². The Balaban J connectivity index is 0.00000484. The zero-order valence-corrected chi connectivity index (χ0v) is 15.5. The molecule has 0 N–H and O–H groups in total. The van der Waals surface area contributed by atoms with Gasteiger partial charge in [0.15, 0.2) is 0 Å². The number of likely N-dealkylation sites (N-methyl/N-ethyl adjacent to an activating group) is 1. The minimum absolute atomic E-state index is 0. The Morgan fingerprint density at radius 3 is 2.39 bits per heavy atom. The molecule has 0 spiro atoms. The molecule has 0 fully saturated rings. The average molecular weight is 384 g/mol. The molecule has 5 heteroatoms. The number of esters is 1. The van der Waals surface area contributed by atoms with Gasteiger partial charge in [0.25, 0.3) is 0 Å². The monoisotopic (exact) mass is 383 g/mol. The Bertz CT molecular complexity index is 484. The predicted molar refractivity (Wildman–Crippen MR) is 88.8 cm³/mol. The zero-order chi connectivity index (χ0) is 16.3. The highest BCUT2D eigenvalue weighted by molar-refractivity contribution is 5.81. The molecule has 4 nitrogen and oxygen atoms in total. The molecular formula is C18H26BrNO3. The van der Waals surface area contributed by atoms with E-state index in [4.69, 9.17) is 9.57 Å². The number of rotatable bonds is 10. The van der Waals surface area contributed by atoms with Crippen molar-refractivity contribution in [3.05, 3.63) is 54.6 Å². The van der Waals surface area contributed by atoms with Crippen LogP contribution in [0.2, 0.25) is 0 Å². The van der Waals surface area contributed by atoms with Crippen molar-refractivity contribution >= 4 is 12.0 Å². The van der Waals surface area contributed by atoms with Crippen molar-refractivity contribution in [2.75, 3.05) is 32.8 Å². The molecule has 1 aromatic rings. The van der Waals surface area contributed by atoms with E-state index in [0.717, 1.165) is 25.7 Å². The van der Waals surface area contributed by atoms with E-state index in [9.17, 15) is 4.79 Å². The molecule has 0 aromatic heterocycles. The third-order valence-electron chi connectivity index (χ3n) is 3.56. The standard InChI is InChI=1S/C18H26NO3.BrH/c1-4-18(20)21-15-16-22-19(5-2,6-3)14-10-13-17-11-8-7-9-12-17;/h4,7-13H,1,5-6,14-16H2,2-3H3;1H/q+1;/p-1. The van der Waals surface area contributed by atoms with Gasteiger partial charge in [-0.15, -0.1) is 0 Å². The smallest absolute Gasteiger partial charge is 0.330 e. The Labute approximate surface area is 149 Å². The summed E-state index contributed by atoms with van der Waals surface area (Å²) >= 11 is 0. The Morgan fingerprint density at radius 1 is 1.17 bits per heavy atom. The summed E-state index contributed by atoms with van der Waals surface area (Å²) < 4.78 is 5.45. The predicted octanol–water partition coefficient (Wildman–Crippen LogP) is 0.221. The van der Waals surface area contributed by atoms with Gasteiger partial charge in [-0.3, -0.25) is 0 Å². The zero-order valence-electron chi connectivity index (χ0n) is 13.9. The van der Waals surface area contributed by atoms with E-state index in [2.05, 4.69) is 44.7 Å². The minimum atomic E-state index is -0.418. The van der Waals surface area contributed by atoms with Crippen molar-refractivity contribution < 1.29 is 36.0 Å². The second-order valence-electron chi connectivity index (χ2n) is 4.89. The van der Waals surface area contributed by atoms with Crippen LogP contribution in [0.3, 0.4) is 0 Å². The molecule has 0 aliphatic carbocycles. The van der Waals surface area contributed by atoms with Gasteiger partial charge in [0.05, 0.1) is 0 Å². The first-order valence-corrected chi connectivity index (χ1v) is 7.67. The second-order valence-corrected chi connectivity index (χ2v) is 4.89. The third kappa shape index (κ3) is 8.11. The molecule has 0 heterocycles. The first-order valence-electron chi connectivity index (χ1n) is 7.67. The number of carbonyl (C=O) groups is 1. The largest absolute Gasteiger partial charge is 1.00 e. The Kier molecular flexibility index (Phi) is 11.3. The molecule has 0 radical (unpaired) electrons. The van der Waals surface area contributed by atoms with Crippen LogP contribution in [0.15, 0.2) is 49.1 Å². The maximum Gasteiger partial charge on any atom is 0.330 e. The second kappa shape index (κ2) is 12.0. The molecule has 0 atom stereocenters. The SMILES string of the molecule is C=CC(=O)OCCO[N+](CC)(CC)CC=Cc1ccccc1.[Br-]. The Hall–Kier alpha value is -1.43. The van der Waals surface area contributed by atoms with E-state index >= 15 is 0 Å².